The van der Waals surface area contributed by atoms with Gasteiger partial charge in [-0.05, 0) is 22.4 Å². The highest BCUT2D eigenvalue weighted by atomic mass is 79.9. The van der Waals surface area contributed by atoms with Gasteiger partial charge < -0.3 is 4.42 Å². The summed E-state index contributed by atoms with van der Waals surface area (Å²) in [6.45, 7) is 3.87. The summed E-state index contributed by atoms with van der Waals surface area (Å²) in [4.78, 5) is 0. The fraction of sp³-hybridized carbons (Fsp3) is 0.500. The number of halogens is 1. The molecule has 0 fully saturated rings. The first-order valence-corrected chi connectivity index (χ1v) is 7.02. The molecule has 5 nitrogen and oxygen atoms in total. The average Bonchev–Trinajstić information content (AvgIpc) is 2.82. The predicted octanol–water partition coefficient (Wildman–Crippen LogP) is 2.73. The Labute approximate surface area is 112 Å². The summed E-state index contributed by atoms with van der Waals surface area (Å²) in [6, 6.07) is 0. The summed E-state index contributed by atoms with van der Waals surface area (Å²) in [5, 5.41) is 12.8. The summed E-state index contributed by atoms with van der Waals surface area (Å²) in [5.74, 6) is 1.34. The van der Waals surface area contributed by atoms with Crippen LogP contribution < -0.4 is 0 Å². The standard InChI is InChI=1S/C10H13BrN4OS/c1-4-7-9(11)8(15(3)14-7)5-17-10-13-12-6(2)16-10/h4-5H2,1-3H3. The van der Waals surface area contributed by atoms with Crippen molar-refractivity contribution in [2.24, 2.45) is 7.05 Å². The maximum atomic E-state index is 5.31. The quantitative estimate of drug-likeness (QED) is 0.812. The van der Waals surface area contributed by atoms with E-state index in [0.29, 0.717) is 11.1 Å². The van der Waals surface area contributed by atoms with Gasteiger partial charge in [0, 0.05) is 19.7 Å². The SMILES string of the molecule is CCc1nn(C)c(CSc2nnc(C)o2)c1Br. The molecular weight excluding hydrogens is 304 g/mol. The summed E-state index contributed by atoms with van der Waals surface area (Å²) in [6.07, 6.45) is 0.915. The zero-order valence-corrected chi connectivity index (χ0v) is 12.3. The van der Waals surface area contributed by atoms with Gasteiger partial charge in [0.05, 0.1) is 15.9 Å². The molecule has 0 atom stereocenters. The van der Waals surface area contributed by atoms with Crippen LogP contribution in [0.2, 0.25) is 0 Å². The largest absolute Gasteiger partial charge is 0.416 e. The predicted molar refractivity (Wildman–Crippen MR) is 68.9 cm³/mol. The van der Waals surface area contributed by atoms with E-state index in [4.69, 9.17) is 4.42 Å². The Morgan fingerprint density at radius 2 is 2.18 bits per heavy atom. The lowest BCUT2D eigenvalue weighted by Gasteiger charge is -1.99. The van der Waals surface area contributed by atoms with Crippen LogP contribution in [0.3, 0.4) is 0 Å². The molecule has 17 heavy (non-hydrogen) atoms. The second-order valence-electron chi connectivity index (χ2n) is 3.56. The van der Waals surface area contributed by atoms with Gasteiger partial charge in [-0.25, -0.2) is 0 Å². The Morgan fingerprint density at radius 1 is 1.41 bits per heavy atom. The van der Waals surface area contributed by atoms with Crippen LogP contribution in [0.5, 0.6) is 0 Å². The van der Waals surface area contributed by atoms with E-state index in [1.807, 2.05) is 11.7 Å². The van der Waals surface area contributed by atoms with E-state index in [0.717, 1.165) is 28.0 Å². The Kier molecular flexibility index (Phi) is 3.88. The molecule has 0 saturated carbocycles. The van der Waals surface area contributed by atoms with Gasteiger partial charge in [-0.3, -0.25) is 4.68 Å². The van der Waals surface area contributed by atoms with Gasteiger partial charge in [-0.1, -0.05) is 18.7 Å². The first-order chi connectivity index (χ1) is 8.11. The lowest BCUT2D eigenvalue weighted by atomic mass is 10.3. The first kappa shape index (κ1) is 12.6. The second kappa shape index (κ2) is 5.22. The fourth-order valence-corrected chi connectivity index (χ4v) is 3.25. The third-order valence-corrected chi connectivity index (χ3v) is 4.09. The van der Waals surface area contributed by atoms with Crippen LogP contribution in [0, 0.1) is 6.92 Å². The molecule has 2 heterocycles. The molecule has 2 rings (SSSR count). The third-order valence-electron chi connectivity index (χ3n) is 2.34. The number of hydrogen-bond donors (Lipinski definition) is 0. The van der Waals surface area contributed by atoms with Gasteiger partial charge in [0.25, 0.3) is 5.22 Å². The molecule has 0 saturated heterocycles. The first-order valence-electron chi connectivity index (χ1n) is 5.25. The van der Waals surface area contributed by atoms with Gasteiger partial charge in [-0.15, -0.1) is 10.2 Å². The highest BCUT2D eigenvalue weighted by Gasteiger charge is 2.14. The van der Waals surface area contributed by atoms with E-state index in [-0.39, 0.29) is 0 Å². The number of thioether (sulfide) groups is 1. The van der Waals surface area contributed by atoms with Crippen molar-refractivity contribution < 1.29 is 4.42 Å². The van der Waals surface area contributed by atoms with Crippen molar-refractivity contribution in [3.8, 4) is 0 Å². The summed E-state index contributed by atoms with van der Waals surface area (Å²) < 4.78 is 8.28. The molecule has 0 bridgehead atoms. The minimum absolute atomic E-state index is 0.589. The highest BCUT2D eigenvalue weighted by Crippen LogP contribution is 2.28. The maximum Gasteiger partial charge on any atom is 0.276 e. The molecule has 0 aliphatic heterocycles. The van der Waals surface area contributed by atoms with Crippen LogP contribution in [0.4, 0.5) is 0 Å². The van der Waals surface area contributed by atoms with Gasteiger partial charge in [0.2, 0.25) is 5.89 Å². The van der Waals surface area contributed by atoms with Crippen molar-refractivity contribution in [1.82, 2.24) is 20.0 Å². The Balaban J connectivity index is 2.11. The van der Waals surface area contributed by atoms with E-state index in [1.54, 1.807) is 6.92 Å². The molecule has 0 aliphatic rings. The zero-order valence-electron chi connectivity index (χ0n) is 9.90. The van der Waals surface area contributed by atoms with Crippen LogP contribution in [0.25, 0.3) is 0 Å². The van der Waals surface area contributed by atoms with Crippen LogP contribution in [-0.2, 0) is 19.2 Å². The van der Waals surface area contributed by atoms with Gasteiger partial charge in [-0.2, -0.15) is 5.10 Å². The van der Waals surface area contributed by atoms with Crippen molar-refractivity contribution in [2.75, 3.05) is 0 Å². The molecule has 2 aromatic heterocycles. The number of aromatic nitrogens is 4. The van der Waals surface area contributed by atoms with E-state index in [9.17, 15) is 0 Å². The molecule has 7 heteroatoms. The third kappa shape index (κ3) is 2.71. The van der Waals surface area contributed by atoms with E-state index in [2.05, 4.69) is 38.1 Å². The van der Waals surface area contributed by atoms with Crippen molar-refractivity contribution in [3.63, 3.8) is 0 Å². The number of nitrogens with zero attached hydrogens (tertiary/aromatic N) is 4. The molecule has 0 unspecified atom stereocenters. The summed E-state index contributed by atoms with van der Waals surface area (Å²) in [5.41, 5.74) is 2.20. The van der Waals surface area contributed by atoms with Gasteiger partial charge in [0.1, 0.15) is 0 Å². The van der Waals surface area contributed by atoms with Crippen molar-refractivity contribution in [3.05, 3.63) is 21.8 Å². The number of aryl methyl sites for hydroxylation is 3. The highest BCUT2D eigenvalue weighted by molar-refractivity contribution is 9.10. The van der Waals surface area contributed by atoms with Crippen LogP contribution in [-0.4, -0.2) is 20.0 Å². The van der Waals surface area contributed by atoms with Crippen molar-refractivity contribution >= 4 is 27.7 Å². The van der Waals surface area contributed by atoms with E-state index >= 15 is 0 Å². The Morgan fingerprint density at radius 3 is 2.71 bits per heavy atom. The summed E-state index contributed by atoms with van der Waals surface area (Å²) in [7, 11) is 1.94. The molecule has 0 radical (unpaired) electrons. The smallest absolute Gasteiger partial charge is 0.276 e. The normalized spacial score (nSPS) is 11.1. The minimum Gasteiger partial charge on any atom is -0.416 e. The van der Waals surface area contributed by atoms with Crippen LogP contribution in [0.15, 0.2) is 14.1 Å². The monoisotopic (exact) mass is 316 g/mol. The average molecular weight is 317 g/mol. The number of hydrogen-bond acceptors (Lipinski definition) is 5. The molecule has 0 aliphatic carbocycles. The van der Waals surface area contributed by atoms with Gasteiger partial charge in [0.15, 0.2) is 0 Å². The maximum absolute atomic E-state index is 5.31. The topological polar surface area (TPSA) is 56.7 Å². The Bertz CT molecular complexity index is 522. The molecule has 0 amide bonds. The van der Waals surface area contributed by atoms with E-state index in [1.165, 1.54) is 11.8 Å². The fourth-order valence-electron chi connectivity index (χ4n) is 1.44. The summed E-state index contributed by atoms with van der Waals surface area (Å²) >= 11 is 5.09. The second-order valence-corrected chi connectivity index (χ2v) is 5.28. The lowest BCUT2D eigenvalue weighted by molar-refractivity contribution is 0.429. The minimum atomic E-state index is 0.589. The molecule has 0 spiro atoms. The van der Waals surface area contributed by atoms with Gasteiger partial charge >= 0.3 is 0 Å². The molecule has 2 aromatic rings. The lowest BCUT2D eigenvalue weighted by Crippen LogP contribution is -1.96. The van der Waals surface area contributed by atoms with Crippen molar-refractivity contribution in [1.29, 1.82) is 0 Å². The van der Waals surface area contributed by atoms with Crippen LogP contribution in [0.1, 0.15) is 24.2 Å². The molecule has 0 N–H and O–H groups in total. The zero-order chi connectivity index (χ0) is 12.4. The van der Waals surface area contributed by atoms with Crippen LogP contribution >= 0.6 is 27.7 Å². The molecule has 0 aromatic carbocycles. The van der Waals surface area contributed by atoms with Crippen molar-refractivity contribution in [2.45, 2.75) is 31.2 Å². The molecule has 92 valence electrons. The van der Waals surface area contributed by atoms with E-state index < -0.39 is 0 Å². The number of rotatable bonds is 4. The molecular formula is C10H13BrN4OS. The Hall–Kier alpha value is -0.820.